The summed E-state index contributed by atoms with van der Waals surface area (Å²) in [4.78, 5) is 40.4. The third-order valence-electron chi connectivity index (χ3n) is 7.59. The number of anilines is 2. The van der Waals surface area contributed by atoms with E-state index < -0.39 is 33.5 Å². The van der Waals surface area contributed by atoms with Crippen LogP contribution in [0, 0.1) is 0 Å². The molecule has 0 N–H and O–H groups in total. The van der Waals surface area contributed by atoms with Crippen molar-refractivity contribution < 1.29 is 22.7 Å². The molecule has 2 aliphatic heterocycles. The number of carbonyl (C=O) groups is 2. The molecule has 0 spiro atoms. The number of nitrogens with zero attached hydrogens (tertiary/aromatic N) is 6. The number of imidazole rings is 1. The van der Waals surface area contributed by atoms with E-state index in [2.05, 4.69) is 15.0 Å². The second kappa shape index (κ2) is 10.5. The summed E-state index contributed by atoms with van der Waals surface area (Å²) in [5.41, 5.74) is 1.41. The van der Waals surface area contributed by atoms with Crippen LogP contribution in [0.3, 0.4) is 0 Å². The number of rotatable bonds is 7. The molecule has 14 heteroatoms. The first-order chi connectivity index (χ1) is 20.0. The molecule has 0 radical (unpaired) electrons. The molecule has 1 saturated heterocycles. The Morgan fingerprint density at radius 1 is 1.05 bits per heavy atom. The quantitative estimate of drug-likeness (QED) is 0.279. The number of esters is 1. The van der Waals surface area contributed by atoms with Crippen LogP contribution >= 0.6 is 23.2 Å². The van der Waals surface area contributed by atoms with Crippen LogP contribution in [-0.4, -0.2) is 63.8 Å². The summed E-state index contributed by atoms with van der Waals surface area (Å²) in [5, 5.41) is 0.384. The van der Waals surface area contributed by atoms with Crippen molar-refractivity contribution in [2.75, 3.05) is 18.6 Å². The molecule has 6 rings (SSSR count). The molecule has 4 aromatic rings. The highest BCUT2D eigenvalue weighted by Crippen LogP contribution is 2.45. The summed E-state index contributed by atoms with van der Waals surface area (Å²) in [5.74, 6) is -0.981. The SMILES string of the molecule is COC(=O)C1CCN1S(=O)(=O)c1cnc2n1C(C)(Cc1ccc(-c3cncnc3)cc1)C(=O)N2c1cc(Cl)cc(Cl)c1. The lowest BCUT2D eigenvalue weighted by Crippen LogP contribution is -2.56. The molecule has 2 aliphatic rings. The van der Waals surface area contributed by atoms with Crippen LogP contribution in [0.4, 0.5) is 11.6 Å². The summed E-state index contributed by atoms with van der Waals surface area (Å²) >= 11 is 12.5. The molecule has 11 nitrogen and oxygen atoms in total. The maximum atomic E-state index is 14.3. The van der Waals surface area contributed by atoms with Crippen LogP contribution in [0.5, 0.6) is 0 Å². The van der Waals surface area contributed by atoms with Crippen molar-refractivity contribution in [2.24, 2.45) is 0 Å². The van der Waals surface area contributed by atoms with Gasteiger partial charge in [-0.25, -0.2) is 28.3 Å². The highest BCUT2D eigenvalue weighted by molar-refractivity contribution is 7.89. The molecule has 2 unspecified atom stereocenters. The lowest BCUT2D eigenvalue weighted by Gasteiger charge is -2.37. The number of ether oxygens (including phenoxy) is 1. The Morgan fingerprint density at radius 3 is 2.31 bits per heavy atom. The minimum Gasteiger partial charge on any atom is -0.468 e. The molecular weight excluding hydrogens is 603 g/mol. The Morgan fingerprint density at radius 2 is 1.71 bits per heavy atom. The van der Waals surface area contributed by atoms with Gasteiger partial charge >= 0.3 is 5.97 Å². The van der Waals surface area contributed by atoms with E-state index in [1.54, 1.807) is 31.5 Å². The number of amides is 1. The van der Waals surface area contributed by atoms with E-state index in [0.29, 0.717) is 22.2 Å². The Balaban J connectivity index is 1.45. The van der Waals surface area contributed by atoms with Crippen molar-refractivity contribution in [2.45, 2.75) is 36.4 Å². The third kappa shape index (κ3) is 4.55. The largest absolute Gasteiger partial charge is 0.468 e. The van der Waals surface area contributed by atoms with Crippen LogP contribution in [0.1, 0.15) is 18.9 Å². The van der Waals surface area contributed by atoms with E-state index in [9.17, 15) is 18.0 Å². The van der Waals surface area contributed by atoms with Gasteiger partial charge in [0.2, 0.25) is 5.95 Å². The molecule has 0 aliphatic carbocycles. The molecule has 2 aromatic heterocycles. The summed E-state index contributed by atoms with van der Waals surface area (Å²) in [6.07, 6.45) is 6.52. The van der Waals surface area contributed by atoms with Crippen LogP contribution in [-0.2, 0) is 36.3 Å². The number of aromatic nitrogens is 4. The average molecular weight is 628 g/mol. The zero-order valence-corrected chi connectivity index (χ0v) is 24.8. The molecule has 0 saturated carbocycles. The number of benzene rings is 2. The molecule has 216 valence electrons. The smallest absolute Gasteiger partial charge is 0.324 e. The summed E-state index contributed by atoms with van der Waals surface area (Å²) in [6, 6.07) is 11.2. The van der Waals surface area contributed by atoms with Gasteiger partial charge in [0.25, 0.3) is 15.9 Å². The fourth-order valence-electron chi connectivity index (χ4n) is 5.42. The predicted molar refractivity (Wildman–Crippen MR) is 155 cm³/mol. The van der Waals surface area contributed by atoms with E-state index in [-0.39, 0.29) is 23.9 Å². The number of halogens is 2. The molecule has 1 amide bonds. The number of carbonyl (C=O) groups excluding carboxylic acids is 2. The van der Waals surface area contributed by atoms with E-state index >= 15 is 0 Å². The van der Waals surface area contributed by atoms with Gasteiger partial charge in [-0.05, 0) is 42.7 Å². The molecular formula is C28H24Cl2N6O5S. The third-order valence-corrected chi connectivity index (χ3v) is 9.89. The second-order valence-corrected chi connectivity index (χ2v) is 12.9. The summed E-state index contributed by atoms with van der Waals surface area (Å²) < 4.78 is 35.2. The van der Waals surface area contributed by atoms with Crippen molar-refractivity contribution >= 4 is 56.7 Å². The van der Waals surface area contributed by atoms with Crippen LogP contribution in [0.25, 0.3) is 11.1 Å². The topological polar surface area (TPSA) is 128 Å². The second-order valence-electron chi connectivity index (χ2n) is 10.2. The highest BCUT2D eigenvalue weighted by atomic mass is 35.5. The standard InChI is InChI=1S/C28H24Cl2N6O5S/c1-28(12-17-3-5-18(6-4-17)19-13-31-16-32-14-19)26(38)35(22-10-20(29)9-21(30)11-22)27-33-15-24(36(27)28)42(39,40)34-8-7-23(34)25(37)41-2/h3-6,9-11,13-16,23H,7-8,12H2,1-2H3. The van der Waals surface area contributed by atoms with Gasteiger partial charge in [0, 0.05) is 41.0 Å². The number of sulfonamides is 1. The van der Waals surface area contributed by atoms with Crippen molar-refractivity contribution in [1.82, 2.24) is 23.8 Å². The molecule has 42 heavy (non-hydrogen) atoms. The van der Waals surface area contributed by atoms with Crippen LogP contribution < -0.4 is 4.90 Å². The van der Waals surface area contributed by atoms with Crippen molar-refractivity contribution in [3.05, 3.63) is 83.0 Å². The minimum absolute atomic E-state index is 0.0904. The van der Waals surface area contributed by atoms with Gasteiger partial charge < -0.3 is 4.74 Å². The normalized spacial score (nSPS) is 20.3. The zero-order chi connectivity index (χ0) is 29.8. The summed E-state index contributed by atoms with van der Waals surface area (Å²) in [6.45, 7) is 1.80. The van der Waals surface area contributed by atoms with Gasteiger partial charge in [-0.1, -0.05) is 47.5 Å². The maximum absolute atomic E-state index is 14.3. The first-order valence-electron chi connectivity index (χ1n) is 12.9. The van der Waals surface area contributed by atoms with Gasteiger partial charge in [0.1, 0.15) is 17.9 Å². The van der Waals surface area contributed by atoms with Gasteiger partial charge in [-0.15, -0.1) is 0 Å². The Kier molecular flexibility index (Phi) is 7.04. The average Bonchev–Trinajstić information content (AvgIpc) is 3.46. The fraction of sp³-hybridized carbons (Fsp3) is 0.250. The lowest BCUT2D eigenvalue weighted by molar-refractivity contribution is -0.148. The Labute approximate surface area is 251 Å². The molecule has 4 heterocycles. The molecule has 2 atom stereocenters. The molecule has 1 fully saturated rings. The van der Waals surface area contributed by atoms with Crippen molar-refractivity contribution in [3.8, 4) is 11.1 Å². The number of hydrogen-bond donors (Lipinski definition) is 0. The van der Waals surface area contributed by atoms with Gasteiger partial charge in [-0.2, -0.15) is 4.31 Å². The summed E-state index contributed by atoms with van der Waals surface area (Å²) in [7, 11) is -3.04. The monoisotopic (exact) mass is 626 g/mol. The Hall–Kier alpha value is -3.84. The lowest BCUT2D eigenvalue weighted by atomic mass is 9.91. The molecule has 2 aromatic carbocycles. The predicted octanol–water partition coefficient (Wildman–Crippen LogP) is 4.22. The first kappa shape index (κ1) is 28.3. The Bertz CT molecular complexity index is 1800. The first-order valence-corrected chi connectivity index (χ1v) is 15.1. The maximum Gasteiger partial charge on any atom is 0.324 e. The fourth-order valence-corrected chi connectivity index (χ4v) is 7.74. The van der Waals surface area contributed by atoms with Gasteiger partial charge in [0.05, 0.1) is 19.0 Å². The van der Waals surface area contributed by atoms with Crippen molar-refractivity contribution in [1.29, 1.82) is 0 Å². The van der Waals surface area contributed by atoms with Crippen LogP contribution in [0.2, 0.25) is 10.0 Å². The number of methoxy groups -OCH3 is 1. The van der Waals surface area contributed by atoms with E-state index in [0.717, 1.165) is 21.0 Å². The number of fused-ring (bicyclic) bond motifs is 1. The molecule has 0 bridgehead atoms. The van der Waals surface area contributed by atoms with E-state index in [1.807, 2.05) is 24.3 Å². The van der Waals surface area contributed by atoms with Gasteiger partial charge in [-0.3, -0.25) is 14.2 Å². The minimum atomic E-state index is -4.25. The van der Waals surface area contributed by atoms with Gasteiger partial charge in [0.15, 0.2) is 5.03 Å². The van der Waals surface area contributed by atoms with E-state index in [4.69, 9.17) is 27.9 Å². The van der Waals surface area contributed by atoms with E-state index in [1.165, 1.54) is 35.2 Å². The van der Waals surface area contributed by atoms with Crippen LogP contribution in [0.15, 0.2) is 72.4 Å². The van der Waals surface area contributed by atoms with Crippen molar-refractivity contribution in [3.63, 3.8) is 0 Å². The zero-order valence-electron chi connectivity index (χ0n) is 22.4. The number of hydrogen-bond acceptors (Lipinski definition) is 8. The highest BCUT2D eigenvalue weighted by Gasteiger charge is 2.54.